The largest absolute Gasteiger partial charge is 0.352 e. The lowest BCUT2D eigenvalue weighted by Crippen LogP contribution is -2.45. The number of sulfonamides is 1. The lowest BCUT2D eigenvalue weighted by Gasteiger charge is -2.23. The fourth-order valence-corrected chi connectivity index (χ4v) is 5.83. The SMILES string of the molecule is Cc1ccccc1CC(=O)N[C@H]1C[C@H]2C(=O)N(C3CC3)S(=O)(=O)CCN2C1. The van der Waals surface area contributed by atoms with Gasteiger partial charge < -0.3 is 5.32 Å². The van der Waals surface area contributed by atoms with Crippen LogP contribution in [0.15, 0.2) is 24.3 Å². The molecular formula is C19H25N3O4S. The highest BCUT2D eigenvalue weighted by molar-refractivity contribution is 7.89. The quantitative estimate of drug-likeness (QED) is 0.804. The number of hydrogen-bond donors (Lipinski definition) is 1. The first-order valence-electron chi connectivity index (χ1n) is 9.49. The number of rotatable bonds is 4. The predicted molar refractivity (Wildman–Crippen MR) is 100 cm³/mol. The van der Waals surface area contributed by atoms with E-state index in [4.69, 9.17) is 0 Å². The number of carbonyl (C=O) groups excluding carboxylic acids is 2. The minimum atomic E-state index is -3.52. The highest BCUT2D eigenvalue weighted by Gasteiger charge is 2.49. The normalized spacial score (nSPS) is 27.9. The third-order valence-electron chi connectivity index (χ3n) is 5.70. The zero-order chi connectivity index (χ0) is 19.2. The molecule has 27 heavy (non-hydrogen) atoms. The van der Waals surface area contributed by atoms with Gasteiger partial charge in [0.05, 0.1) is 18.2 Å². The molecule has 3 fully saturated rings. The average molecular weight is 391 g/mol. The van der Waals surface area contributed by atoms with Gasteiger partial charge in [-0.3, -0.25) is 14.5 Å². The molecule has 2 aliphatic heterocycles. The Morgan fingerprint density at radius 3 is 2.70 bits per heavy atom. The second-order valence-corrected chi connectivity index (χ2v) is 9.76. The van der Waals surface area contributed by atoms with Gasteiger partial charge in [-0.05, 0) is 37.3 Å². The first-order chi connectivity index (χ1) is 12.8. The van der Waals surface area contributed by atoms with E-state index in [9.17, 15) is 18.0 Å². The summed E-state index contributed by atoms with van der Waals surface area (Å²) in [5.74, 6) is -0.410. The van der Waals surface area contributed by atoms with Crippen molar-refractivity contribution in [1.82, 2.24) is 14.5 Å². The van der Waals surface area contributed by atoms with Crippen molar-refractivity contribution in [3.63, 3.8) is 0 Å². The molecule has 7 nitrogen and oxygen atoms in total. The highest BCUT2D eigenvalue weighted by atomic mass is 32.2. The molecule has 0 bridgehead atoms. The number of benzene rings is 1. The summed E-state index contributed by atoms with van der Waals surface area (Å²) in [7, 11) is -3.52. The molecule has 0 radical (unpaired) electrons. The van der Waals surface area contributed by atoms with Gasteiger partial charge in [-0.25, -0.2) is 12.7 Å². The standard InChI is InChI=1S/C19H25N3O4S/c1-13-4-2-3-5-14(13)10-18(23)20-15-11-17-19(24)22(16-6-7-16)27(25,26)9-8-21(17)12-15/h2-5,15-17H,6-12H2,1H3,(H,20,23)/t15-,17-/m0/s1. The van der Waals surface area contributed by atoms with Crippen molar-refractivity contribution in [2.75, 3.05) is 18.8 Å². The Morgan fingerprint density at radius 1 is 1.26 bits per heavy atom. The second kappa shape index (κ2) is 6.91. The highest BCUT2D eigenvalue weighted by Crippen LogP contribution is 2.34. The van der Waals surface area contributed by atoms with Crippen LogP contribution in [0.5, 0.6) is 0 Å². The third-order valence-corrected chi connectivity index (χ3v) is 7.47. The van der Waals surface area contributed by atoms with E-state index in [0.29, 0.717) is 25.9 Å². The van der Waals surface area contributed by atoms with Gasteiger partial charge in [0.25, 0.3) is 5.91 Å². The summed E-state index contributed by atoms with van der Waals surface area (Å²) in [6.07, 6.45) is 2.30. The molecule has 8 heteroatoms. The molecular weight excluding hydrogens is 366 g/mol. The van der Waals surface area contributed by atoms with Crippen LogP contribution in [0.4, 0.5) is 0 Å². The molecule has 1 aliphatic carbocycles. The number of carbonyl (C=O) groups is 2. The first kappa shape index (κ1) is 18.4. The Bertz CT molecular complexity index is 865. The van der Waals surface area contributed by atoms with Gasteiger partial charge >= 0.3 is 0 Å². The number of nitrogens with one attached hydrogen (secondary N) is 1. The van der Waals surface area contributed by atoms with Crippen molar-refractivity contribution in [2.24, 2.45) is 0 Å². The maximum absolute atomic E-state index is 12.9. The molecule has 2 saturated heterocycles. The van der Waals surface area contributed by atoms with Gasteiger partial charge in [0.1, 0.15) is 0 Å². The van der Waals surface area contributed by atoms with E-state index in [1.807, 2.05) is 36.1 Å². The zero-order valence-corrected chi connectivity index (χ0v) is 16.2. The van der Waals surface area contributed by atoms with Crippen LogP contribution in [0.1, 0.15) is 30.4 Å². The molecule has 1 N–H and O–H groups in total. The van der Waals surface area contributed by atoms with Crippen molar-refractivity contribution in [1.29, 1.82) is 0 Å². The second-order valence-electron chi connectivity index (χ2n) is 7.80. The van der Waals surface area contributed by atoms with Crippen molar-refractivity contribution in [2.45, 2.75) is 50.7 Å². The van der Waals surface area contributed by atoms with E-state index >= 15 is 0 Å². The lowest BCUT2D eigenvalue weighted by molar-refractivity contribution is -0.131. The van der Waals surface area contributed by atoms with Crippen molar-refractivity contribution in [3.05, 3.63) is 35.4 Å². The Labute approximate surface area is 159 Å². The van der Waals surface area contributed by atoms with E-state index in [-0.39, 0.29) is 29.7 Å². The monoisotopic (exact) mass is 391 g/mol. The number of aryl methyl sites for hydroxylation is 1. The van der Waals surface area contributed by atoms with Gasteiger partial charge in [-0.15, -0.1) is 0 Å². The molecule has 146 valence electrons. The lowest BCUT2D eigenvalue weighted by atomic mass is 10.1. The van der Waals surface area contributed by atoms with Crippen LogP contribution >= 0.6 is 0 Å². The van der Waals surface area contributed by atoms with E-state index in [2.05, 4.69) is 5.32 Å². The molecule has 0 spiro atoms. The fourth-order valence-electron chi connectivity index (χ4n) is 4.10. The molecule has 0 aromatic heterocycles. The summed E-state index contributed by atoms with van der Waals surface area (Å²) in [6, 6.07) is 7.05. The van der Waals surface area contributed by atoms with E-state index in [1.54, 1.807) is 0 Å². The maximum Gasteiger partial charge on any atom is 0.253 e. The summed E-state index contributed by atoms with van der Waals surface area (Å²) in [6.45, 7) is 2.84. The van der Waals surface area contributed by atoms with Crippen LogP contribution in [-0.2, 0) is 26.0 Å². The Kier molecular flexibility index (Phi) is 4.71. The first-order valence-corrected chi connectivity index (χ1v) is 11.1. The van der Waals surface area contributed by atoms with E-state index < -0.39 is 16.1 Å². The van der Waals surface area contributed by atoms with Crippen LogP contribution < -0.4 is 5.32 Å². The maximum atomic E-state index is 12.9. The number of nitrogens with zero attached hydrogens (tertiary/aromatic N) is 2. The smallest absolute Gasteiger partial charge is 0.253 e. The molecule has 0 unspecified atom stereocenters. The number of amides is 2. The minimum absolute atomic E-state index is 0.0321. The van der Waals surface area contributed by atoms with E-state index in [0.717, 1.165) is 28.3 Å². The number of hydrogen-bond acceptors (Lipinski definition) is 5. The van der Waals surface area contributed by atoms with Gasteiger partial charge in [0, 0.05) is 25.2 Å². The molecule has 1 aromatic carbocycles. The molecule has 2 atom stereocenters. The molecule has 1 aromatic rings. The third kappa shape index (κ3) is 3.73. The van der Waals surface area contributed by atoms with Crippen LogP contribution in [0.25, 0.3) is 0 Å². The Morgan fingerprint density at radius 2 is 2.00 bits per heavy atom. The summed E-state index contributed by atoms with van der Waals surface area (Å²) in [5, 5.41) is 3.03. The van der Waals surface area contributed by atoms with Gasteiger partial charge in [-0.1, -0.05) is 24.3 Å². The Hall–Kier alpha value is -1.93. The topological polar surface area (TPSA) is 86.8 Å². The van der Waals surface area contributed by atoms with Crippen molar-refractivity contribution in [3.8, 4) is 0 Å². The van der Waals surface area contributed by atoms with Crippen LogP contribution in [-0.4, -0.2) is 66.4 Å². The molecule has 3 aliphatic rings. The summed E-state index contributed by atoms with van der Waals surface area (Å²) in [4.78, 5) is 27.2. The Balaban J connectivity index is 1.42. The summed E-state index contributed by atoms with van der Waals surface area (Å²) < 4.78 is 26.0. The molecule has 1 saturated carbocycles. The van der Waals surface area contributed by atoms with Gasteiger partial charge in [-0.2, -0.15) is 0 Å². The summed E-state index contributed by atoms with van der Waals surface area (Å²) in [5.41, 5.74) is 2.07. The number of fused-ring (bicyclic) bond motifs is 1. The molecule has 2 amide bonds. The average Bonchev–Trinajstić information content (AvgIpc) is 3.35. The van der Waals surface area contributed by atoms with Gasteiger partial charge in [0.15, 0.2) is 0 Å². The zero-order valence-electron chi connectivity index (χ0n) is 15.4. The minimum Gasteiger partial charge on any atom is -0.352 e. The van der Waals surface area contributed by atoms with Crippen LogP contribution in [0.2, 0.25) is 0 Å². The van der Waals surface area contributed by atoms with Crippen molar-refractivity contribution >= 4 is 21.8 Å². The van der Waals surface area contributed by atoms with Crippen molar-refractivity contribution < 1.29 is 18.0 Å². The van der Waals surface area contributed by atoms with Gasteiger partial charge in [0.2, 0.25) is 15.9 Å². The predicted octanol–water partition coefficient (Wildman–Crippen LogP) is 0.431. The fraction of sp³-hybridized carbons (Fsp3) is 0.579. The molecule has 2 heterocycles. The van der Waals surface area contributed by atoms with Crippen LogP contribution in [0, 0.1) is 6.92 Å². The van der Waals surface area contributed by atoms with Crippen LogP contribution in [0.3, 0.4) is 0 Å². The molecule has 4 rings (SSSR count). The summed E-state index contributed by atoms with van der Waals surface area (Å²) >= 11 is 0. The van der Waals surface area contributed by atoms with E-state index in [1.165, 1.54) is 0 Å².